The summed E-state index contributed by atoms with van der Waals surface area (Å²) in [7, 11) is -49.6. The summed E-state index contributed by atoms with van der Waals surface area (Å²) in [5, 5.41) is 21.4. The lowest BCUT2D eigenvalue weighted by atomic mass is 9.95. The number of carboxylic acid groups (broad SMARTS) is 2. The molecule has 55 nitrogen and oxygen atoms in total. The number of rotatable bonds is 37. The topological polar surface area (TPSA) is 785 Å². The summed E-state index contributed by atoms with van der Waals surface area (Å²) in [5.41, 5.74) is 0. The van der Waals surface area contributed by atoms with Gasteiger partial charge >= 0.3 is 106 Å². The molecule has 25 atom stereocenters. The van der Waals surface area contributed by atoms with Crippen LogP contribution in [-0.2, 0) is 212 Å². The molecule has 11 N–H and O–H groups in total. The van der Waals surface area contributed by atoms with Crippen molar-refractivity contribution in [1.29, 1.82) is 0 Å². The van der Waals surface area contributed by atoms with Gasteiger partial charge in [0, 0.05) is 42.7 Å². The van der Waals surface area contributed by atoms with Crippen LogP contribution in [0, 0.1) is 0 Å². The maximum absolute atomic E-state index is 13.4. The zero-order valence-corrected chi connectivity index (χ0v) is 57.5. The minimum absolute atomic E-state index is 0.424. The smallest absolute Gasteiger partial charge is 0.397 e. The molecule has 0 spiro atoms. The monoisotopic (exact) mass is 1660 g/mol. The van der Waals surface area contributed by atoms with Gasteiger partial charge in [0.15, 0.2) is 68.1 Å². The SMILES string of the molecule is COC1OC(COS(=O)(=O)O)C(OC2OC(C(=O)O)C(OC3OC(COS(=O)(=O)O)C(OC4OC(C(=O)O)C(OC5OC(COS(=O)(=O)O)C(OC)C(OC)C5OS(=O)(=O)O)C(OC)C4OC)C(OS(=O)(=O)O)C3OS(=O)(=O)O)C(OC)C2OS(=O)(=O)O)C(OS(=O)(=O)O)C1OS(=O)(=O)O. The molecule has 0 aromatic heterocycles. The molecule has 5 heterocycles. The predicted octanol–water partition coefficient (Wildman–Crippen LogP) is -9.37. The molecule has 0 radical (unpaired) electrons. The van der Waals surface area contributed by atoms with Crippen LogP contribution in [0.3, 0.4) is 0 Å². The Morgan fingerprint density at radius 1 is 0.260 bits per heavy atom. The largest absolute Gasteiger partial charge is 0.479 e. The minimum atomic E-state index is -6.38. The number of aliphatic carboxylic acids is 2. The lowest BCUT2D eigenvalue weighted by Gasteiger charge is -2.51. The average Bonchev–Trinajstić information content (AvgIpc) is 0.759. The summed E-state index contributed by atoms with van der Waals surface area (Å²) in [6.07, 6.45) is -68.5. The Kier molecular flexibility index (Phi) is 30.2. The Balaban J connectivity index is 1.69. The van der Waals surface area contributed by atoms with Gasteiger partial charge in [-0.05, 0) is 0 Å². The first-order valence-electron chi connectivity index (χ1n) is 25.9. The quantitative estimate of drug-likeness (QED) is 0.0257. The average molecular weight is 1660 g/mol. The third-order valence-corrected chi connectivity index (χ3v) is 17.6. The second kappa shape index (κ2) is 34.4. The Morgan fingerprint density at radius 2 is 0.480 bits per heavy atom. The molecule has 5 fully saturated rings. The zero-order valence-electron chi connectivity index (χ0n) is 50.1. The molecule has 5 aliphatic rings. The van der Waals surface area contributed by atoms with Crippen molar-refractivity contribution in [2.75, 3.05) is 62.5 Å². The van der Waals surface area contributed by atoms with Crippen molar-refractivity contribution in [3.8, 4) is 0 Å². The Labute approximate surface area is 564 Å². The molecule has 588 valence electrons. The normalized spacial score (nSPS) is 36.4. The zero-order chi connectivity index (χ0) is 76.2. The van der Waals surface area contributed by atoms with E-state index >= 15 is 0 Å². The van der Waals surface area contributed by atoms with E-state index in [1.807, 2.05) is 0 Å². The van der Waals surface area contributed by atoms with E-state index in [-0.39, 0.29) is 0 Å². The molecular weight excluding hydrogens is 1600 g/mol. The highest BCUT2D eigenvalue weighted by Gasteiger charge is 2.63. The summed E-state index contributed by atoms with van der Waals surface area (Å²) >= 11 is 0. The molecule has 0 aromatic carbocycles. The third-order valence-electron chi connectivity index (χ3n) is 13.5. The highest BCUT2D eigenvalue weighted by Crippen LogP contribution is 2.42. The van der Waals surface area contributed by atoms with Gasteiger partial charge in [-0.25, -0.2) is 47.2 Å². The van der Waals surface area contributed by atoms with E-state index in [0.717, 1.165) is 21.3 Å². The summed E-state index contributed by atoms with van der Waals surface area (Å²) < 4.78 is 431. The molecule has 25 unspecified atom stereocenters. The number of carbonyl (C=O) groups is 2. The van der Waals surface area contributed by atoms with Crippen molar-refractivity contribution in [3.05, 3.63) is 0 Å². The molecule has 64 heteroatoms. The van der Waals surface area contributed by atoms with Gasteiger partial charge in [0.2, 0.25) is 0 Å². The fraction of sp³-hybridized carbons (Fsp3) is 0.944. The summed E-state index contributed by atoms with van der Waals surface area (Å²) in [6.45, 7) is -4.97. The first kappa shape index (κ1) is 87.8. The van der Waals surface area contributed by atoms with Gasteiger partial charge < -0.3 is 81.3 Å². The first-order valence-corrected chi connectivity index (χ1v) is 38.1. The number of hydrogen-bond acceptors (Lipinski definition) is 44. The standard InChI is InChI=1S/C36H60O55S9/c1-68-13-10(7-74-92(41,42)43)78-34(26(16(13)69-2)88-97(56,57)58)82-19-17(70-3)25(72-5)33(84-23(19)30(37)38)80-15-12(9-76-94(47,48)49)79-35(29(91-100(65,66)67)22(15)87-96(53,54)55)83-20-18(71-4)27(89-98(59,60)61)36(85-24(20)31(39)40)81-14-11(8-75-93(44,45)46)77-32(73-6)28(90-99(62,63)64)21(14)86-95(50,51)52/h10-29,32-36H,7-9H2,1-6H3,(H,37,38)(H,39,40)(H,41,42,43)(H,44,45,46)(H,47,48,49)(H,50,51,52)(H,53,54,55)(H,56,57,58)(H,59,60,61)(H,62,63,64)(H,65,66,67). The molecule has 0 amide bonds. The van der Waals surface area contributed by atoms with Crippen LogP contribution in [0.1, 0.15) is 0 Å². The minimum Gasteiger partial charge on any atom is -0.479 e. The summed E-state index contributed by atoms with van der Waals surface area (Å²) in [5.74, 6) is -4.75. The fourth-order valence-electron chi connectivity index (χ4n) is 10.2. The van der Waals surface area contributed by atoms with Crippen molar-refractivity contribution in [2.45, 2.75) is 154 Å². The summed E-state index contributed by atoms with van der Waals surface area (Å²) in [4.78, 5) is 26.6. The molecule has 100 heavy (non-hydrogen) atoms. The Hall–Kier alpha value is -2.83. The van der Waals surface area contributed by atoms with E-state index in [1.165, 1.54) is 0 Å². The molecule has 5 aliphatic heterocycles. The first-order chi connectivity index (χ1) is 45.5. The van der Waals surface area contributed by atoms with Gasteiger partial charge in [0.25, 0.3) is 0 Å². The molecule has 0 bridgehead atoms. The van der Waals surface area contributed by atoms with Crippen LogP contribution in [0.4, 0.5) is 0 Å². The van der Waals surface area contributed by atoms with Crippen molar-refractivity contribution in [3.63, 3.8) is 0 Å². The van der Waals surface area contributed by atoms with E-state index in [1.54, 1.807) is 0 Å². The Bertz CT molecular complexity index is 3850. The van der Waals surface area contributed by atoms with Crippen molar-refractivity contribution in [2.24, 2.45) is 0 Å². The van der Waals surface area contributed by atoms with E-state index in [0.29, 0.717) is 21.3 Å². The van der Waals surface area contributed by atoms with Gasteiger partial charge in [-0.3, -0.25) is 41.0 Å². The van der Waals surface area contributed by atoms with Crippen molar-refractivity contribution < 1.29 is 245 Å². The lowest BCUT2D eigenvalue weighted by Crippen LogP contribution is -2.70. The highest BCUT2D eigenvalue weighted by molar-refractivity contribution is 7.82. The van der Waals surface area contributed by atoms with Crippen LogP contribution in [0.25, 0.3) is 0 Å². The second-order valence-electron chi connectivity index (χ2n) is 19.9. The number of hydrogen-bond donors (Lipinski definition) is 11. The van der Waals surface area contributed by atoms with Crippen LogP contribution < -0.4 is 0 Å². The van der Waals surface area contributed by atoms with E-state index in [2.05, 4.69) is 33.5 Å². The van der Waals surface area contributed by atoms with Crippen molar-refractivity contribution in [1.82, 2.24) is 0 Å². The van der Waals surface area contributed by atoms with E-state index in [9.17, 15) is 137 Å². The lowest BCUT2D eigenvalue weighted by molar-refractivity contribution is -0.385. The van der Waals surface area contributed by atoms with Crippen LogP contribution in [0.15, 0.2) is 0 Å². The molecule has 0 aromatic rings. The van der Waals surface area contributed by atoms with E-state index in [4.69, 9.17) is 75.2 Å². The highest BCUT2D eigenvalue weighted by atomic mass is 32.3. The van der Waals surface area contributed by atoms with Crippen LogP contribution in [0.2, 0.25) is 0 Å². The molecule has 5 saturated heterocycles. The van der Waals surface area contributed by atoms with Gasteiger partial charge in [0.05, 0.1) is 19.8 Å². The van der Waals surface area contributed by atoms with Crippen LogP contribution in [0.5, 0.6) is 0 Å². The maximum Gasteiger partial charge on any atom is 0.397 e. The molecule has 5 rings (SSSR count). The van der Waals surface area contributed by atoms with Gasteiger partial charge in [0.1, 0.15) is 85.5 Å². The maximum atomic E-state index is 13.4. The molecular formula is C36H60O55S9. The van der Waals surface area contributed by atoms with E-state index < -0.39 is 279 Å². The number of methoxy groups -OCH3 is 6. The van der Waals surface area contributed by atoms with Crippen molar-refractivity contribution >= 4 is 106 Å². The number of carboxylic acids is 2. The molecule has 0 saturated carbocycles. The van der Waals surface area contributed by atoms with Crippen LogP contribution in [-0.4, -0.2) is 355 Å². The Morgan fingerprint density at radius 3 is 0.750 bits per heavy atom. The predicted molar refractivity (Wildman–Crippen MR) is 290 cm³/mol. The van der Waals surface area contributed by atoms with Crippen LogP contribution >= 0.6 is 0 Å². The van der Waals surface area contributed by atoms with Gasteiger partial charge in [-0.1, -0.05) is 0 Å². The fourth-order valence-corrected chi connectivity index (χ4v) is 14.0. The number of ether oxygens (including phenoxy) is 15. The summed E-state index contributed by atoms with van der Waals surface area (Å²) in [6, 6.07) is 0. The third kappa shape index (κ3) is 25.7. The second-order valence-corrected chi connectivity index (χ2v) is 29.4. The van der Waals surface area contributed by atoms with Gasteiger partial charge in [-0.15, -0.1) is 0 Å². The molecule has 0 aliphatic carbocycles. The van der Waals surface area contributed by atoms with Gasteiger partial charge in [-0.2, -0.15) is 75.8 Å².